The maximum Gasteiger partial charge on any atom is 0.253 e. The molecule has 0 saturated carbocycles. The molecule has 1 unspecified atom stereocenters. The largest absolute Gasteiger partial charge is 0.352 e. The predicted molar refractivity (Wildman–Crippen MR) is 106 cm³/mol. The lowest BCUT2D eigenvalue weighted by molar-refractivity contribution is 0.0948. The number of aromatic nitrogens is 1. The average molecular weight is 351 g/mol. The zero-order valence-electron chi connectivity index (χ0n) is 15.9. The van der Waals surface area contributed by atoms with Crippen molar-refractivity contribution in [2.24, 2.45) is 0 Å². The summed E-state index contributed by atoms with van der Waals surface area (Å²) in [6, 6.07) is 14.5. The predicted octanol–water partition coefficient (Wildman–Crippen LogP) is 4.05. The molecule has 1 aromatic heterocycles. The van der Waals surface area contributed by atoms with Crippen molar-refractivity contribution in [3.05, 3.63) is 53.7 Å². The second-order valence-electron chi connectivity index (χ2n) is 7.19. The van der Waals surface area contributed by atoms with Crippen molar-refractivity contribution in [3.8, 4) is 11.3 Å². The van der Waals surface area contributed by atoms with Gasteiger partial charge in [0, 0.05) is 24.7 Å². The van der Waals surface area contributed by atoms with Crippen LogP contribution in [0.15, 0.2) is 42.5 Å². The Morgan fingerprint density at radius 2 is 2.00 bits per heavy atom. The Bertz CT molecular complexity index is 729. The molecule has 1 aliphatic heterocycles. The highest BCUT2D eigenvalue weighted by Crippen LogP contribution is 2.19. The third-order valence-corrected chi connectivity index (χ3v) is 5.25. The van der Waals surface area contributed by atoms with Crippen LogP contribution in [-0.2, 0) is 0 Å². The Morgan fingerprint density at radius 1 is 1.19 bits per heavy atom. The first kappa shape index (κ1) is 18.6. The first-order valence-corrected chi connectivity index (χ1v) is 9.70. The summed E-state index contributed by atoms with van der Waals surface area (Å²) < 4.78 is 0. The second kappa shape index (κ2) is 8.95. The molecule has 1 saturated heterocycles. The number of likely N-dealkylation sites (tertiary alicyclic amines) is 1. The van der Waals surface area contributed by atoms with E-state index in [2.05, 4.69) is 22.1 Å². The van der Waals surface area contributed by atoms with Crippen molar-refractivity contribution in [1.29, 1.82) is 0 Å². The van der Waals surface area contributed by atoms with Crippen molar-refractivity contribution in [2.75, 3.05) is 19.6 Å². The van der Waals surface area contributed by atoms with E-state index in [1.807, 2.05) is 49.4 Å². The fourth-order valence-electron chi connectivity index (χ4n) is 3.64. The first-order chi connectivity index (χ1) is 12.6. The zero-order chi connectivity index (χ0) is 18.4. The van der Waals surface area contributed by atoms with Crippen LogP contribution in [0.1, 0.15) is 48.7 Å². The number of pyridine rings is 1. The van der Waals surface area contributed by atoms with Gasteiger partial charge in [0.1, 0.15) is 0 Å². The van der Waals surface area contributed by atoms with Gasteiger partial charge in [-0.1, -0.05) is 36.8 Å². The molecule has 1 aromatic carbocycles. The summed E-state index contributed by atoms with van der Waals surface area (Å²) in [6.07, 6.45) is 4.94. The Balaban J connectivity index is 1.51. The topological polar surface area (TPSA) is 45.2 Å². The van der Waals surface area contributed by atoms with Gasteiger partial charge in [-0.15, -0.1) is 0 Å². The van der Waals surface area contributed by atoms with Crippen LogP contribution in [0.5, 0.6) is 0 Å². The van der Waals surface area contributed by atoms with Crippen molar-refractivity contribution in [3.63, 3.8) is 0 Å². The molecule has 138 valence electrons. The number of aryl methyl sites for hydroxylation is 1. The summed E-state index contributed by atoms with van der Waals surface area (Å²) in [5, 5.41) is 3.05. The van der Waals surface area contributed by atoms with Crippen LogP contribution in [-0.4, -0.2) is 41.5 Å². The molecule has 0 bridgehead atoms. The van der Waals surface area contributed by atoms with Gasteiger partial charge in [0.15, 0.2) is 0 Å². The molecule has 0 radical (unpaired) electrons. The molecular weight excluding hydrogens is 322 g/mol. The monoisotopic (exact) mass is 351 g/mol. The van der Waals surface area contributed by atoms with E-state index >= 15 is 0 Å². The minimum Gasteiger partial charge on any atom is -0.352 e. The van der Waals surface area contributed by atoms with Gasteiger partial charge in [0.05, 0.1) is 17.0 Å². The van der Waals surface area contributed by atoms with Gasteiger partial charge in [0.2, 0.25) is 0 Å². The van der Waals surface area contributed by atoms with Gasteiger partial charge in [0.25, 0.3) is 5.91 Å². The molecule has 4 nitrogen and oxygen atoms in total. The molecule has 2 aromatic rings. The van der Waals surface area contributed by atoms with E-state index in [1.165, 1.54) is 25.8 Å². The van der Waals surface area contributed by atoms with Crippen molar-refractivity contribution in [1.82, 2.24) is 15.2 Å². The summed E-state index contributed by atoms with van der Waals surface area (Å²) in [5.74, 6) is -0.0266. The third-order valence-electron chi connectivity index (χ3n) is 5.25. The molecule has 1 N–H and O–H groups in total. The number of amides is 1. The van der Waals surface area contributed by atoms with Crippen LogP contribution in [0.3, 0.4) is 0 Å². The van der Waals surface area contributed by atoms with Crippen LogP contribution in [0.25, 0.3) is 11.3 Å². The van der Waals surface area contributed by atoms with Crippen LogP contribution < -0.4 is 5.32 Å². The number of nitrogens with zero attached hydrogens (tertiary/aromatic N) is 2. The number of piperidine rings is 1. The lowest BCUT2D eigenvalue weighted by Crippen LogP contribution is -2.39. The molecule has 1 aliphatic rings. The van der Waals surface area contributed by atoms with E-state index in [0.717, 1.165) is 29.9 Å². The van der Waals surface area contributed by atoms with Crippen LogP contribution in [0.4, 0.5) is 0 Å². The highest BCUT2D eigenvalue weighted by molar-refractivity contribution is 5.95. The molecule has 4 heteroatoms. The van der Waals surface area contributed by atoms with Crippen LogP contribution >= 0.6 is 0 Å². The fraction of sp³-hybridized carbons (Fsp3) is 0.455. The lowest BCUT2D eigenvalue weighted by atomic mass is 10.0. The van der Waals surface area contributed by atoms with Gasteiger partial charge in [-0.3, -0.25) is 9.78 Å². The van der Waals surface area contributed by atoms with E-state index in [1.54, 1.807) is 0 Å². The summed E-state index contributed by atoms with van der Waals surface area (Å²) in [7, 11) is 0. The Hall–Kier alpha value is -2.20. The van der Waals surface area contributed by atoms with E-state index < -0.39 is 0 Å². The summed E-state index contributed by atoms with van der Waals surface area (Å²) >= 11 is 0. The van der Waals surface area contributed by atoms with Crippen molar-refractivity contribution >= 4 is 5.91 Å². The molecule has 3 rings (SSSR count). The summed E-state index contributed by atoms with van der Waals surface area (Å²) in [5.41, 5.74) is 3.40. The highest BCUT2D eigenvalue weighted by atomic mass is 16.1. The smallest absolute Gasteiger partial charge is 0.253 e. The molecule has 0 aliphatic carbocycles. The van der Waals surface area contributed by atoms with Crippen molar-refractivity contribution < 1.29 is 4.79 Å². The number of hydrogen-bond acceptors (Lipinski definition) is 3. The quantitative estimate of drug-likeness (QED) is 0.799. The number of hydrogen-bond donors (Lipinski definition) is 1. The number of rotatable bonds is 6. The highest BCUT2D eigenvalue weighted by Gasteiger charge is 2.17. The maximum absolute atomic E-state index is 12.5. The zero-order valence-corrected chi connectivity index (χ0v) is 15.9. The van der Waals surface area contributed by atoms with Crippen LogP contribution in [0.2, 0.25) is 0 Å². The van der Waals surface area contributed by atoms with E-state index in [0.29, 0.717) is 18.2 Å². The molecular formula is C22H29N3O. The first-order valence-electron chi connectivity index (χ1n) is 9.70. The fourth-order valence-corrected chi connectivity index (χ4v) is 3.64. The number of benzene rings is 1. The van der Waals surface area contributed by atoms with Gasteiger partial charge < -0.3 is 10.2 Å². The molecule has 1 amide bonds. The van der Waals surface area contributed by atoms with E-state index in [4.69, 9.17) is 0 Å². The second-order valence-corrected chi connectivity index (χ2v) is 7.19. The minimum absolute atomic E-state index is 0.0266. The molecule has 1 atom stereocenters. The molecule has 1 fully saturated rings. The maximum atomic E-state index is 12.5. The molecule has 2 heterocycles. The standard InChI is InChI=1S/C22H29N3O/c1-17-9-6-7-15-25(17)16-8-14-23-22(26)20-12-13-21(24-18(20)2)19-10-4-3-5-11-19/h3-5,10-13,17H,6-9,14-16H2,1-2H3,(H,23,26). The molecule has 0 spiro atoms. The van der Waals surface area contributed by atoms with Gasteiger partial charge in [-0.05, 0) is 51.8 Å². The average Bonchev–Trinajstić information content (AvgIpc) is 2.67. The summed E-state index contributed by atoms with van der Waals surface area (Å²) in [6.45, 7) is 7.17. The minimum atomic E-state index is -0.0266. The SMILES string of the molecule is Cc1nc(-c2ccccc2)ccc1C(=O)NCCCN1CCCCC1C. The Labute approximate surface area is 156 Å². The van der Waals surface area contributed by atoms with Crippen molar-refractivity contribution in [2.45, 2.75) is 45.6 Å². The Morgan fingerprint density at radius 3 is 2.73 bits per heavy atom. The molecule has 26 heavy (non-hydrogen) atoms. The normalized spacial score (nSPS) is 17.8. The number of carbonyl (C=O) groups excluding carboxylic acids is 1. The van der Waals surface area contributed by atoms with Gasteiger partial charge in [-0.2, -0.15) is 0 Å². The lowest BCUT2D eigenvalue weighted by Gasteiger charge is -2.33. The van der Waals surface area contributed by atoms with Crippen LogP contribution in [0, 0.1) is 6.92 Å². The van der Waals surface area contributed by atoms with E-state index in [-0.39, 0.29) is 5.91 Å². The Kier molecular flexibility index (Phi) is 6.40. The van der Waals surface area contributed by atoms with Gasteiger partial charge >= 0.3 is 0 Å². The van der Waals surface area contributed by atoms with Gasteiger partial charge in [-0.25, -0.2) is 0 Å². The number of carbonyl (C=O) groups is 1. The number of nitrogens with one attached hydrogen (secondary N) is 1. The van der Waals surface area contributed by atoms with E-state index in [9.17, 15) is 4.79 Å². The summed E-state index contributed by atoms with van der Waals surface area (Å²) in [4.78, 5) is 19.6. The third kappa shape index (κ3) is 4.70.